The van der Waals surface area contributed by atoms with Crippen molar-refractivity contribution in [2.24, 2.45) is 0 Å². The first kappa shape index (κ1) is 13.6. The molecule has 0 unspecified atom stereocenters. The van der Waals surface area contributed by atoms with Crippen LogP contribution in [0.5, 0.6) is 0 Å². The molecule has 0 aliphatic rings. The van der Waals surface area contributed by atoms with Gasteiger partial charge in [0.15, 0.2) is 11.6 Å². The molecule has 0 saturated carbocycles. The smallest absolute Gasteiger partial charge is 0.159 e. The number of halogens is 2. The zero-order chi connectivity index (χ0) is 14.7. The van der Waals surface area contributed by atoms with Crippen LogP contribution in [0, 0.1) is 11.6 Å². The van der Waals surface area contributed by atoms with Gasteiger partial charge in [0, 0.05) is 24.7 Å². The number of rotatable bonds is 4. The van der Waals surface area contributed by atoms with Gasteiger partial charge in [-0.05, 0) is 29.3 Å². The Morgan fingerprint density at radius 2 is 1.76 bits per heavy atom. The minimum absolute atomic E-state index is 0.473. The molecule has 0 bridgehead atoms. The Labute approximate surface area is 121 Å². The summed E-state index contributed by atoms with van der Waals surface area (Å²) in [5.74, 6) is -1.64. The molecule has 0 radical (unpaired) electrons. The molecule has 21 heavy (non-hydrogen) atoms. The summed E-state index contributed by atoms with van der Waals surface area (Å²) in [5.41, 5.74) is 2.75. The van der Waals surface area contributed by atoms with Gasteiger partial charge in [-0.2, -0.15) is 0 Å². The predicted octanol–water partition coefficient (Wildman–Crippen LogP) is 3.80. The van der Waals surface area contributed by atoms with Crippen molar-refractivity contribution in [2.45, 2.75) is 13.1 Å². The Kier molecular flexibility index (Phi) is 3.88. The van der Waals surface area contributed by atoms with Gasteiger partial charge in [-0.25, -0.2) is 8.78 Å². The highest BCUT2D eigenvalue weighted by molar-refractivity contribution is 5.81. The second kappa shape index (κ2) is 5.97. The lowest BCUT2D eigenvalue weighted by atomic mass is 10.1. The number of fused-ring (bicyclic) bond motifs is 1. The number of pyridine rings is 1. The van der Waals surface area contributed by atoms with E-state index in [1.165, 1.54) is 6.07 Å². The third-order valence-corrected chi connectivity index (χ3v) is 3.34. The minimum Gasteiger partial charge on any atom is -0.309 e. The van der Waals surface area contributed by atoms with E-state index in [1.807, 2.05) is 30.3 Å². The summed E-state index contributed by atoms with van der Waals surface area (Å²) in [4.78, 5) is 4.38. The Bertz CT molecular complexity index is 766. The lowest BCUT2D eigenvalue weighted by Gasteiger charge is -2.08. The molecule has 0 aliphatic heterocycles. The van der Waals surface area contributed by atoms with E-state index in [0.29, 0.717) is 18.7 Å². The van der Waals surface area contributed by atoms with Gasteiger partial charge in [0.2, 0.25) is 0 Å². The van der Waals surface area contributed by atoms with Crippen LogP contribution in [0.2, 0.25) is 0 Å². The summed E-state index contributed by atoms with van der Waals surface area (Å²) in [7, 11) is 0. The van der Waals surface area contributed by atoms with E-state index < -0.39 is 11.6 Å². The Hall–Kier alpha value is -2.33. The van der Waals surface area contributed by atoms with Crippen molar-refractivity contribution in [1.29, 1.82) is 0 Å². The molecule has 1 aromatic heterocycles. The molecule has 0 aliphatic carbocycles. The monoisotopic (exact) mass is 284 g/mol. The molecule has 0 amide bonds. The standard InChI is InChI=1S/C17H14F2N2/c18-15-7-6-12(9-16(15)19)10-20-11-14-4-1-3-13-5-2-8-21-17(13)14/h1-9,20H,10-11H2. The quantitative estimate of drug-likeness (QED) is 0.788. The van der Waals surface area contributed by atoms with Gasteiger partial charge in [-0.1, -0.05) is 30.3 Å². The van der Waals surface area contributed by atoms with Crippen LogP contribution in [-0.2, 0) is 13.1 Å². The van der Waals surface area contributed by atoms with Crippen molar-refractivity contribution >= 4 is 10.9 Å². The fourth-order valence-electron chi connectivity index (χ4n) is 2.30. The van der Waals surface area contributed by atoms with E-state index in [-0.39, 0.29) is 0 Å². The van der Waals surface area contributed by atoms with Crippen molar-refractivity contribution < 1.29 is 8.78 Å². The number of nitrogens with zero attached hydrogens (tertiary/aromatic N) is 1. The summed E-state index contributed by atoms with van der Waals surface area (Å²) >= 11 is 0. The van der Waals surface area contributed by atoms with Crippen molar-refractivity contribution in [2.75, 3.05) is 0 Å². The van der Waals surface area contributed by atoms with Crippen molar-refractivity contribution in [3.63, 3.8) is 0 Å². The van der Waals surface area contributed by atoms with Crippen LogP contribution in [0.15, 0.2) is 54.7 Å². The van der Waals surface area contributed by atoms with Crippen molar-refractivity contribution in [3.05, 3.63) is 77.5 Å². The average Bonchev–Trinajstić information content (AvgIpc) is 2.51. The molecule has 3 rings (SSSR count). The number of aromatic nitrogens is 1. The molecular weight excluding hydrogens is 270 g/mol. The van der Waals surface area contributed by atoms with Crippen molar-refractivity contribution in [3.8, 4) is 0 Å². The van der Waals surface area contributed by atoms with E-state index in [2.05, 4.69) is 10.3 Å². The van der Waals surface area contributed by atoms with Gasteiger partial charge in [0.25, 0.3) is 0 Å². The molecule has 0 atom stereocenters. The molecular formula is C17H14F2N2. The van der Waals surface area contributed by atoms with Crippen molar-refractivity contribution in [1.82, 2.24) is 10.3 Å². The first-order valence-corrected chi connectivity index (χ1v) is 6.71. The second-order valence-electron chi connectivity index (χ2n) is 4.84. The topological polar surface area (TPSA) is 24.9 Å². The Morgan fingerprint density at radius 1 is 0.905 bits per heavy atom. The van der Waals surface area contributed by atoms with Crippen LogP contribution in [0.4, 0.5) is 8.78 Å². The number of hydrogen-bond donors (Lipinski definition) is 1. The van der Waals surface area contributed by atoms with Crippen LogP contribution in [0.1, 0.15) is 11.1 Å². The van der Waals surface area contributed by atoms with Gasteiger partial charge in [-0.15, -0.1) is 0 Å². The summed E-state index contributed by atoms with van der Waals surface area (Å²) in [6.45, 7) is 1.09. The maximum atomic E-state index is 13.1. The van der Waals surface area contributed by atoms with E-state index in [0.717, 1.165) is 22.5 Å². The zero-order valence-electron chi connectivity index (χ0n) is 11.3. The molecule has 2 nitrogen and oxygen atoms in total. The van der Waals surface area contributed by atoms with Crippen LogP contribution in [0.25, 0.3) is 10.9 Å². The summed E-state index contributed by atoms with van der Waals surface area (Å²) in [5, 5.41) is 4.32. The van der Waals surface area contributed by atoms with E-state index in [4.69, 9.17) is 0 Å². The maximum absolute atomic E-state index is 13.1. The van der Waals surface area contributed by atoms with Crippen LogP contribution in [0.3, 0.4) is 0 Å². The first-order valence-electron chi connectivity index (χ1n) is 6.71. The number of para-hydroxylation sites is 1. The fourth-order valence-corrected chi connectivity index (χ4v) is 2.30. The zero-order valence-corrected chi connectivity index (χ0v) is 11.3. The second-order valence-corrected chi connectivity index (χ2v) is 4.84. The molecule has 3 aromatic rings. The molecule has 1 N–H and O–H groups in total. The molecule has 4 heteroatoms. The molecule has 106 valence electrons. The third-order valence-electron chi connectivity index (χ3n) is 3.34. The molecule has 0 saturated heterocycles. The lowest BCUT2D eigenvalue weighted by Crippen LogP contribution is -2.13. The number of benzene rings is 2. The predicted molar refractivity (Wildman–Crippen MR) is 78.6 cm³/mol. The highest BCUT2D eigenvalue weighted by Gasteiger charge is 2.04. The summed E-state index contributed by atoms with van der Waals surface area (Å²) in [6, 6.07) is 13.9. The van der Waals surface area contributed by atoms with Gasteiger partial charge in [-0.3, -0.25) is 4.98 Å². The number of nitrogens with one attached hydrogen (secondary N) is 1. The van der Waals surface area contributed by atoms with E-state index >= 15 is 0 Å². The van der Waals surface area contributed by atoms with E-state index in [9.17, 15) is 8.78 Å². The highest BCUT2D eigenvalue weighted by Crippen LogP contribution is 2.16. The minimum atomic E-state index is -0.822. The van der Waals surface area contributed by atoms with Crippen LogP contribution < -0.4 is 5.32 Å². The molecule has 0 fully saturated rings. The third kappa shape index (κ3) is 3.06. The number of hydrogen-bond acceptors (Lipinski definition) is 2. The average molecular weight is 284 g/mol. The Morgan fingerprint density at radius 3 is 2.62 bits per heavy atom. The van der Waals surface area contributed by atoms with Gasteiger partial charge < -0.3 is 5.32 Å². The first-order chi connectivity index (χ1) is 10.2. The SMILES string of the molecule is Fc1ccc(CNCc2cccc3cccnc23)cc1F. The summed E-state index contributed by atoms with van der Waals surface area (Å²) < 4.78 is 26.0. The van der Waals surface area contributed by atoms with E-state index in [1.54, 1.807) is 12.3 Å². The lowest BCUT2D eigenvalue weighted by molar-refractivity contribution is 0.506. The molecule has 1 heterocycles. The maximum Gasteiger partial charge on any atom is 0.159 e. The highest BCUT2D eigenvalue weighted by atomic mass is 19.2. The normalized spacial score (nSPS) is 11.0. The largest absolute Gasteiger partial charge is 0.309 e. The van der Waals surface area contributed by atoms with Gasteiger partial charge in [0.1, 0.15) is 0 Å². The fraction of sp³-hybridized carbons (Fsp3) is 0.118. The molecule has 0 spiro atoms. The van der Waals surface area contributed by atoms with Gasteiger partial charge in [0.05, 0.1) is 5.52 Å². The molecule has 2 aromatic carbocycles. The Balaban J connectivity index is 1.70. The van der Waals surface area contributed by atoms with Crippen LogP contribution >= 0.6 is 0 Å². The summed E-state index contributed by atoms with van der Waals surface area (Å²) in [6.07, 6.45) is 1.77. The van der Waals surface area contributed by atoms with Gasteiger partial charge >= 0.3 is 0 Å². The van der Waals surface area contributed by atoms with Crippen LogP contribution in [-0.4, -0.2) is 4.98 Å².